The Balaban J connectivity index is 1.82. The first-order chi connectivity index (χ1) is 8.72. The largest absolute Gasteiger partial charge is 0.350 e. The number of nitrogens with zero attached hydrogens (tertiary/aromatic N) is 1. The maximum atomic E-state index is 12.2. The van der Waals surface area contributed by atoms with E-state index in [1.807, 2.05) is 6.92 Å². The van der Waals surface area contributed by atoms with Gasteiger partial charge in [0.1, 0.15) is 0 Å². The van der Waals surface area contributed by atoms with Crippen molar-refractivity contribution in [1.29, 1.82) is 0 Å². The van der Waals surface area contributed by atoms with Gasteiger partial charge in [0.25, 0.3) is 0 Å². The molecule has 0 bridgehead atoms. The van der Waals surface area contributed by atoms with Gasteiger partial charge in [-0.05, 0) is 51.6 Å². The van der Waals surface area contributed by atoms with Crippen LogP contribution in [0.25, 0.3) is 0 Å². The van der Waals surface area contributed by atoms with Gasteiger partial charge in [-0.25, -0.2) is 0 Å². The molecule has 1 saturated carbocycles. The van der Waals surface area contributed by atoms with Gasteiger partial charge in [0, 0.05) is 12.6 Å². The Morgan fingerprint density at radius 3 is 2.39 bits per heavy atom. The molecule has 1 amide bonds. The molecule has 2 atom stereocenters. The van der Waals surface area contributed by atoms with E-state index < -0.39 is 0 Å². The van der Waals surface area contributed by atoms with Crippen LogP contribution in [-0.4, -0.2) is 42.5 Å². The quantitative estimate of drug-likeness (QED) is 0.771. The molecule has 2 rings (SSSR count). The van der Waals surface area contributed by atoms with Crippen LogP contribution in [0.5, 0.6) is 0 Å². The van der Waals surface area contributed by atoms with Crippen molar-refractivity contribution in [3.63, 3.8) is 0 Å². The molecular formula is C14H27N3O. The summed E-state index contributed by atoms with van der Waals surface area (Å²) < 4.78 is 0. The number of nitrogens with two attached hydrogens (primary N) is 1. The van der Waals surface area contributed by atoms with Crippen molar-refractivity contribution in [1.82, 2.24) is 10.2 Å². The van der Waals surface area contributed by atoms with Crippen molar-refractivity contribution in [3.8, 4) is 0 Å². The number of amides is 1. The summed E-state index contributed by atoms with van der Waals surface area (Å²) in [5, 5.41) is 3.14. The zero-order valence-electron chi connectivity index (χ0n) is 11.5. The molecule has 1 saturated heterocycles. The standard InChI is InChI=1S/C14H27N3O/c1-11(17-8-4-2-3-5-9-17)14(18)16-13(10-15)12-6-7-12/h11-13H,2-10,15H2,1H3,(H,16,18). The summed E-state index contributed by atoms with van der Waals surface area (Å²) in [5.74, 6) is 0.800. The monoisotopic (exact) mass is 253 g/mol. The molecule has 2 unspecified atom stereocenters. The average molecular weight is 253 g/mol. The summed E-state index contributed by atoms with van der Waals surface area (Å²) in [6.07, 6.45) is 7.50. The third-order valence-corrected chi connectivity index (χ3v) is 4.34. The van der Waals surface area contributed by atoms with Crippen molar-refractivity contribution in [2.75, 3.05) is 19.6 Å². The Morgan fingerprint density at radius 1 is 1.28 bits per heavy atom. The van der Waals surface area contributed by atoms with Gasteiger partial charge in [-0.1, -0.05) is 12.8 Å². The number of hydrogen-bond donors (Lipinski definition) is 2. The molecule has 2 aliphatic rings. The lowest BCUT2D eigenvalue weighted by atomic mass is 10.1. The van der Waals surface area contributed by atoms with Crippen LogP contribution < -0.4 is 11.1 Å². The van der Waals surface area contributed by atoms with E-state index in [9.17, 15) is 4.79 Å². The van der Waals surface area contributed by atoms with Crippen molar-refractivity contribution in [2.45, 2.75) is 57.5 Å². The molecule has 0 radical (unpaired) electrons. The van der Waals surface area contributed by atoms with Crippen LogP contribution in [0.3, 0.4) is 0 Å². The molecule has 1 aliphatic carbocycles. The summed E-state index contributed by atoms with van der Waals surface area (Å²) in [5.41, 5.74) is 5.74. The second kappa shape index (κ2) is 6.53. The minimum Gasteiger partial charge on any atom is -0.350 e. The molecule has 1 heterocycles. The minimum atomic E-state index is -0.00380. The van der Waals surface area contributed by atoms with E-state index >= 15 is 0 Å². The number of likely N-dealkylation sites (tertiary alicyclic amines) is 1. The predicted octanol–water partition coefficient (Wildman–Crippen LogP) is 1.10. The highest BCUT2D eigenvalue weighted by atomic mass is 16.2. The summed E-state index contributed by atoms with van der Waals surface area (Å²) in [4.78, 5) is 14.6. The molecule has 4 nitrogen and oxygen atoms in total. The van der Waals surface area contributed by atoms with E-state index in [2.05, 4.69) is 10.2 Å². The first kappa shape index (κ1) is 13.8. The molecule has 104 valence electrons. The second-order valence-electron chi connectivity index (χ2n) is 5.81. The molecule has 18 heavy (non-hydrogen) atoms. The Kier molecular flexibility index (Phi) is 5.01. The fraction of sp³-hybridized carbons (Fsp3) is 0.929. The minimum absolute atomic E-state index is 0.00380. The van der Waals surface area contributed by atoms with Crippen molar-refractivity contribution >= 4 is 5.91 Å². The molecule has 0 aromatic carbocycles. The summed E-state index contributed by atoms with van der Waals surface area (Å²) >= 11 is 0. The van der Waals surface area contributed by atoms with Crippen molar-refractivity contribution in [2.24, 2.45) is 11.7 Å². The van der Waals surface area contributed by atoms with Crippen LogP contribution in [-0.2, 0) is 4.79 Å². The van der Waals surface area contributed by atoms with Gasteiger partial charge in [-0.2, -0.15) is 0 Å². The van der Waals surface area contributed by atoms with Crippen LogP contribution in [0.1, 0.15) is 45.4 Å². The van der Waals surface area contributed by atoms with Gasteiger partial charge in [-0.15, -0.1) is 0 Å². The SMILES string of the molecule is CC(C(=O)NC(CN)C1CC1)N1CCCCCC1. The fourth-order valence-electron chi connectivity index (χ4n) is 2.82. The van der Waals surface area contributed by atoms with E-state index in [1.54, 1.807) is 0 Å². The smallest absolute Gasteiger partial charge is 0.237 e. The zero-order chi connectivity index (χ0) is 13.0. The molecule has 3 N–H and O–H groups in total. The third-order valence-electron chi connectivity index (χ3n) is 4.34. The van der Waals surface area contributed by atoms with Crippen molar-refractivity contribution < 1.29 is 4.79 Å². The molecule has 0 aromatic rings. The van der Waals surface area contributed by atoms with Crippen LogP contribution in [0.15, 0.2) is 0 Å². The normalized spacial score (nSPS) is 25.2. The third kappa shape index (κ3) is 3.69. The lowest BCUT2D eigenvalue weighted by Gasteiger charge is -2.28. The second-order valence-corrected chi connectivity index (χ2v) is 5.81. The van der Waals surface area contributed by atoms with Gasteiger partial charge < -0.3 is 11.1 Å². The summed E-state index contributed by atoms with van der Waals surface area (Å²) in [7, 11) is 0. The van der Waals surface area contributed by atoms with Gasteiger partial charge in [0.15, 0.2) is 0 Å². The molecular weight excluding hydrogens is 226 g/mol. The van der Waals surface area contributed by atoms with E-state index in [0.29, 0.717) is 12.5 Å². The maximum absolute atomic E-state index is 12.2. The molecule has 0 aromatic heterocycles. The van der Waals surface area contributed by atoms with E-state index in [0.717, 1.165) is 13.1 Å². The van der Waals surface area contributed by atoms with Crippen LogP contribution in [0.4, 0.5) is 0 Å². The number of rotatable bonds is 5. The summed E-state index contributed by atoms with van der Waals surface area (Å²) in [6.45, 7) is 4.72. The Hall–Kier alpha value is -0.610. The summed E-state index contributed by atoms with van der Waals surface area (Å²) in [6, 6.07) is 0.197. The first-order valence-corrected chi connectivity index (χ1v) is 7.47. The van der Waals surface area contributed by atoms with E-state index in [4.69, 9.17) is 5.73 Å². The van der Waals surface area contributed by atoms with Crippen LogP contribution in [0.2, 0.25) is 0 Å². The molecule has 1 aliphatic heterocycles. The van der Waals surface area contributed by atoms with Gasteiger partial charge >= 0.3 is 0 Å². The zero-order valence-corrected chi connectivity index (χ0v) is 11.5. The number of nitrogens with one attached hydrogen (secondary N) is 1. The Morgan fingerprint density at radius 2 is 1.89 bits per heavy atom. The Bertz CT molecular complexity index is 270. The highest BCUT2D eigenvalue weighted by molar-refractivity contribution is 5.81. The topological polar surface area (TPSA) is 58.4 Å². The fourth-order valence-corrected chi connectivity index (χ4v) is 2.82. The van der Waals surface area contributed by atoms with Gasteiger partial charge in [0.05, 0.1) is 6.04 Å². The van der Waals surface area contributed by atoms with Crippen molar-refractivity contribution in [3.05, 3.63) is 0 Å². The van der Waals surface area contributed by atoms with E-state index in [-0.39, 0.29) is 18.0 Å². The highest BCUT2D eigenvalue weighted by Gasteiger charge is 2.33. The lowest BCUT2D eigenvalue weighted by molar-refractivity contribution is -0.126. The number of carbonyl (C=O) groups excluding carboxylic acids is 1. The van der Waals surface area contributed by atoms with Gasteiger partial charge in [0.2, 0.25) is 5.91 Å². The molecule has 2 fully saturated rings. The average Bonchev–Trinajstić information content (AvgIpc) is 3.20. The maximum Gasteiger partial charge on any atom is 0.237 e. The predicted molar refractivity (Wildman–Crippen MR) is 73.2 cm³/mol. The highest BCUT2D eigenvalue weighted by Crippen LogP contribution is 2.32. The van der Waals surface area contributed by atoms with Gasteiger partial charge in [-0.3, -0.25) is 9.69 Å². The first-order valence-electron chi connectivity index (χ1n) is 7.47. The number of carbonyl (C=O) groups is 1. The molecule has 4 heteroatoms. The Labute approximate surface area is 110 Å². The van der Waals surface area contributed by atoms with Crippen LogP contribution >= 0.6 is 0 Å². The lowest BCUT2D eigenvalue weighted by Crippen LogP contribution is -2.51. The van der Waals surface area contributed by atoms with Crippen LogP contribution in [0, 0.1) is 5.92 Å². The molecule has 0 spiro atoms. The number of hydrogen-bond acceptors (Lipinski definition) is 3. The van der Waals surface area contributed by atoms with E-state index in [1.165, 1.54) is 38.5 Å².